The summed E-state index contributed by atoms with van der Waals surface area (Å²) in [5, 5.41) is 2.91. The average molecular weight is 392 g/mol. The van der Waals surface area contributed by atoms with Gasteiger partial charge < -0.3 is 19.5 Å². The number of nitrogens with one attached hydrogen (secondary N) is 1. The molecule has 152 valence electrons. The van der Waals surface area contributed by atoms with Gasteiger partial charge in [-0.1, -0.05) is 0 Å². The molecule has 1 aliphatic rings. The van der Waals surface area contributed by atoms with E-state index in [1.54, 1.807) is 0 Å². The maximum absolute atomic E-state index is 13.8. The minimum atomic E-state index is -0.708. The van der Waals surface area contributed by atoms with Crippen molar-refractivity contribution < 1.29 is 18.0 Å². The summed E-state index contributed by atoms with van der Waals surface area (Å²) < 4.78 is 32.3. The second-order valence-corrected chi connectivity index (χ2v) is 7.09. The molecule has 1 aromatic carbocycles. The Morgan fingerprint density at radius 2 is 2.04 bits per heavy atom. The molecule has 0 bridgehead atoms. The van der Waals surface area contributed by atoms with Crippen molar-refractivity contribution in [3.63, 3.8) is 0 Å². The Morgan fingerprint density at radius 3 is 2.79 bits per heavy atom. The molecule has 1 fully saturated rings. The highest BCUT2D eigenvalue weighted by Crippen LogP contribution is 2.24. The SMILES string of the molecule is CN1CCN(CCCNC(=O)CCc2ncc(-c3ccc(F)cc3F)o2)CC1. The summed E-state index contributed by atoms with van der Waals surface area (Å²) in [4.78, 5) is 20.8. The lowest BCUT2D eigenvalue weighted by molar-refractivity contribution is -0.121. The fourth-order valence-corrected chi connectivity index (χ4v) is 3.15. The third-order valence-corrected chi connectivity index (χ3v) is 4.89. The largest absolute Gasteiger partial charge is 0.441 e. The number of nitrogens with zero attached hydrogens (tertiary/aromatic N) is 3. The van der Waals surface area contributed by atoms with Crippen molar-refractivity contribution in [1.82, 2.24) is 20.1 Å². The number of carbonyl (C=O) groups excluding carboxylic acids is 1. The summed E-state index contributed by atoms with van der Waals surface area (Å²) in [5.41, 5.74) is 0.147. The van der Waals surface area contributed by atoms with Gasteiger partial charge in [0, 0.05) is 51.6 Å². The Labute approximate surface area is 163 Å². The first-order valence-corrected chi connectivity index (χ1v) is 9.59. The quantitative estimate of drug-likeness (QED) is 0.699. The van der Waals surface area contributed by atoms with Crippen LogP contribution in [-0.2, 0) is 11.2 Å². The van der Waals surface area contributed by atoms with Gasteiger partial charge in [-0.3, -0.25) is 4.79 Å². The highest BCUT2D eigenvalue weighted by atomic mass is 19.1. The van der Waals surface area contributed by atoms with E-state index in [4.69, 9.17) is 4.42 Å². The van der Waals surface area contributed by atoms with E-state index >= 15 is 0 Å². The predicted octanol–water partition coefficient (Wildman–Crippen LogP) is 2.31. The molecule has 0 atom stereocenters. The molecule has 28 heavy (non-hydrogen) atoms. The standard InChI is InChI=1S/C20H26F2N4O2/c1-25-9-11-26(12-10-25)8-2-7-23-19(27)5-6-20-24-14-18(28-20)16-4-3-15(21)13-17(16)22/h3-4,13-14H,2,5-12H2,1H3,(H,23,27). The van der Waals surface area contributed by atoms with Crippen LogP contribution in [0.2, 0.25) is 0 Å². The summed E-state index contributed by atoms with van der Waals surface area (Å²) in [5.74, 6) is -0.844. The molecule has 2 aromatic rings. The summed E-state index contributed by atoms with van der Waals surface area (Å²) in [7, 11) is 2.13. The van der Waals surface area contributed by atoms with Crippen LogP contribution in [0.25, 0.3) is 11.3 Å². The molecular weight excluding hydrogens is 366 g/mol. The van der Waals surface area contributed by atoms with Gasteiger partial charge in [-0.05, 0) is 32.1 Å². The zero-order valence-electron chi connectivity index (χ0n) is 16.1. The van der Waals surface area contributed by atoms with Gasteiger partial charge in [0.05, 0.1) is 11.8 Å². The fourth-order valence-electron chi connectivity index (χ4n) is 3.15. The van der Waals surface area contributed by atoms with Crippen LogP contribution in [0.4, 0.5) is 8.78 Å². The number of hydrogen-bond donors (Lipinski definition) is 1. The van der Waals surface area contributed by atoms with Gasteiger partial charge in [0.1, 0.15) is 11.6 Å². The lowest BCUT2D eigenvalue weighted by atomic mass is 10.2. The van der Waals surface area contributed by atoms with Crippen molar-refractivity contribution in [3.8, 4) is 11.3 Å². The number of amides is 1. The number of oxazole rings is 1. The number of hydrogen-bond acceptors (Lipinski definition) is 5. The molecule has 0 aliphatic carbocycles. The topological polar surface area (TPSA) is 61.6 Å². The number of likely N-dealkylation sites (N-methyl/N-ethyl adjacent to an activating group) is 1. The van der Waals surface area contributed by atoms with E-state index in [2.05, 4.69) is 27.1 Å². The predicted molar refractivity (Wildman–Crippen MR) is 102 cm³/mol. The van der Waals surface area contributed by atoms with Crippen LogP contribution in [-0.4, -0.2) is 67.0 Å². The van der Waals surface area contributed by atoms with E-state index in [0.29, 0.717) is 18.9 Å². The first-order chi connectivity index (χ1) is 13.5. The summed E-state index contributed by atoms with van der Waals surface area (Å²) in [6, 6.07) is 3.27. The van der Waals surface area contributed by atoms with E-state index in [-0.39, 0.29) is 23.7 Å². The molecule has 1 saturated heterocycles. The number of rotatable bonds is 8. The number of carbonyl (C=O) groups is 1. The summed E-state index contributed by atoms with van der Waals surface area (Å²) >= 11 is 0. The molecule has 2 heterocycles. The van der Waals surface area contributed by atoms with Crippen molar-refractivity contribution in [2.45, 2.75) is 19.3 Å². The van der Waals surface area contributed by atoms with Crippen LogP contribution in [0.1, 0.15) is 18.7 Å². The highest BCUT2D eigenvalue weighted by Gasteiger charge is 2.14. The van der Waals surface area contributed by atoms with Gasteiger partial charge in [-0.15, -0.1) is 0 Å². The van der Waals surface area contributed by atoms with Crippen LogP contribution >= 0.6 is 0 Å². The van der Waals surface area contributed by atoms with Crippen LogP contribution in [0.15, 0.2) is 28.8 Å². The Morgan fingerprint density at radius 1 is 1.25 bits per heavy atom. The van der Waals surface area contributed by atoms with Crippen molar-refractivity contribution >= 4 is 5.91 Å². The van der Waals surface area contributed by atoms with E-state index in [1.165, 1.54) is 12.3 Å². The average Bonchev–Trinajstić information content (AvgIpc) is 3.14. The zero-order chi connectivity index (χ0) is 19.9. The van der Waals surface area contributed by atoms with Gasteiger partial charge in [0.2, 0.25) is 5.91 Å². The Kier molecular flexibility index (Phi) is 7.11. The molecule has 0 saturated carbocycles. The second kappa shape index (κ2) is 9.75. The molecule has 0 radical (unpaired) electrons. The van der Waals surface area contributed by atoms with E-state index in [1.807, 2.05) is 0 Å². The van der Waals surface area contributed by atoms with Crippen LogP contribution in [0, 0.1) is 11.6 Å². The summed E-state index contributed by atoms with van der Waals surface area (Å²) in [6.07, 6.45) is 2.88. The monoisotopic (exact) mass is 392 g/mol. The molecule has 0 unspecified atom stereocenters. The molecule has 0 spiro atoms. The Bertz CT molecular complexity index is 788. The smallest absolute Gasteiger partial charge is 0.220 e. The normalized spacial score (nSPS) is 15.7. The van der Waals surface area contributed by atoms with Gasteiger partial charge in [-0.2, -0.15) is 0 Å². The van der Waals surface area contributed by atoms with Gasteiger partial charge in [-0.25, -0.2) is 13.8 Å². The Balaban J connectivity index is 1.36. The van der Waals surface area contributed by atoms with Crippen LogP contribution in [0.3, 0.4) is 0 Å². The van der Waals surface area contributed by atoms with Crippen LogP contribution in [0.5, 0.6) is 0 Å². The molecule has 1 aromatic heterocycles. The van der Waals surface area contributed by atoms with Crippen molar-refractivity contribution in [3.05, 3.63) is 41.9 Å². The molecule has 1 amide bonds. The fraction of sp³-hybridized carbons (Fsp3) is 0.500. The number of aromatic nitrogens is 1. The second-order valence-electron chi connectivity index (χ2n) is 7.09. The van der Waals surface area contributed by atoms with Crippen molar-refractivity contribution in [2.75, 3.05) is 46.3 Å². The molecule has 3 rings (SSSR count). The van der Waals surface area contributed by atoms with Gasteiger partial charge in [0.25, 0.3) is 0 Å². The lowest BCUT2D eigenvalue weighted by Gasteiger charge is -2.32. The van der Waals surface area contributed by atoms with E-state index < -0.39 is 11.6 Å². The summed E-state index contributed by atoms with van der Waals surface area (Å²) in [6.45, 7) is 5.96. The minimum Gasteiger partial charge on any atom is -0.441 e. The van der Waals surface area contributed by atoms with Crippen LogP contribution < -0.4 is 5.32 Å². The molecule has 1 aliphatic heterocycles. The highest BCUT2D eigenvalue weighted by molar-refractivity contribution is 5.76. The number of aryl methyl sites for hydroxylation is 1. The van der Waals surface area contributed by atoms with Gasteiger partial charge >= 0.3 is 0 Å². The molecule has 1 N–H and O–H groups in total. The molecule has 8 heteroatoms. The van der Waals surface area contributed by atoms with Crippen molar-refractivity contribution in [1.29, 1.82) is 0 Å². The zero-order valence-corrected chi connectivity index (χ0v) is 16.1. The lowest BCUT2D eigenvalue weighted by Crippen LogP contribution is -2.45. The van der Waals surface area contributed by atoms with Gasteiger partial charge in [0.15, 0.2) is 11.7 Å². The third-order valence-electron chi connectivity index (χ3n) is 4.89. The Hall–Kier alpha value is -2.32. The first-order valence-electron chi connectivity index (χ1n) is 9.59. The number of halogens is 2. The molecule has 6 nitrogen and oxygen atoms in total. The van der Waals surface area contributed by atoms with E-state index in [9.17, 15) is 13.6 Å². The minimum absolute atomic E-state index is 0.0638. The molecular formula is C20H26F2N4O2. The van der Waals surface area contributed by atoms with E-state index in [0.717, 1.165) is 51.3 Å². The van der Waals surface area contributed by atoms with Crippen molar-refractivity contribution in [2.24, 2.45) is 0 Å². The maximum atomic E-state index is 13.8. The maximum Gasteiger partial charge on any atom is 0.220 e. The first kappa shape index (κ1) is 20.4. The third kappa shape index (κ3) is 5.84. The number of benzene rings is 1. The number of piperazine rings is 1.